The number of urea groups is 1. The summed E-state index contributed by atoms with van der Waals surface area (Å²) in [7, 11) is 1.52. The van der Waals surface area contributed by atoms with Gasteiger partial charge in [-0.1, -0.05) is 20.8 Å². The van der Waals surface area contributed by atoms with Crippen LogP contribution in [-0.2, 0) is 5.41 Å². The standard InChI is InChI=1S/C28H28F2N6O3/c1-16-10-20(39-21-8-9-32-23(14-21)26(37)31-5)6-7-22(16)33-27(38)34-25-15-24(28(2,3)4)35-36(25)19-12-17(29)11-18(30)13-19/h6-15H,1-5H3,(H,31,37)(H2,33,34,38). The van der Waals surface area contributed by atoms with E-state index in [2.05, 4.69) is 26.0 Å². The Morgan fingerprint density at radius 3 is 2.26 bits per heavy atom. The number of pyridine rings is 1. The first kappa shape index (κ1) is 27.2. The maximum absolute atomic E-state index is 13.9. The van der Waals surface area contributed by atoms with Crippen molar-refractivity contribution < 1.29 is 23.1 Å². The zero-order valence-electron chi connectivity index (χ0n) is 22.1. The Kier molecular flexibility index (Phi) is 7.61. The fraction of sp³-hybridized carbons (Fsp3) is 0.214. The summed E-state index contributed by atoms with van der Waals surface area (Å²) in [6.45, 7) is 7.61. The van der Waals surface area contributed by atoms with Gasteiger partial charge in [-0.25, -0.2) is 18.3 Å². The predicted molar refractivity (Wildman–Crippen MR) is 144 cm³/mol. The van der Waals surface area contributed by atoms with Crippen LogP contribution in [0.15, 0.2) is 60.8 Å². The third-order valence-corrected chi connectivity index (χ3v) is 5.68. The number of anilines is 2. The summed E-state index contributed by atoms with van der Waals surface area (Å²) in [5.74, 6) is -0.692. The number of nitrogens with one attached hydrogen (secondary N) is 3. The Hall–Kier alpha value is -4.80. The van der Waals surface area contributed by atoms with Gasteiger partial charge in [-0.2, -0.15) is 5.10 Å². The molecule has 0 fully saturated rings. The van der Waals surface area contributed by atoms with Crippen molar-refractivity contribution in [2.24, 2.45) is 0 Å². The molecule has 0 saturated carbocycles. The van der Waals surface area contributed by atoms with Gasteiger partial charge in [0.2, 0.25) is 0 Å². The minimum Gasteiger partial charge on any atom is -0.457 e. The molecule has 0 aliphatic heterocycles. The van der Waals surface area contributed by atoms with Gasteiger partial charge >= 0.3 is 6.03 Å². The minimum absolute atomic E-state index is 0.131. The number of rotatable bonds is 6. The van der Waals surface area contributed by atoms with Crippen molar-refractivity contribution in [2.75, 3.05) is 17.7 Å². The monoisotopic (exact) mass is 534 g/mol. The first-order valence-corrected chi connectivity index (χ1v) is 12.0. The highest BCUT2D eigenvalue weighted by atomic mass is 19.1. The van der Waals surface area contributed by atoms with Gasteiger partial charge in [-0.15, -0.1) is 0 Å². The van der Waals surface area contributed by atoms with Crippen molar-refractivity contribution in [2.45, 2.75) is 33.1 Å². The molecule has 0 aliphatic rings. The van der Waals surface area contributed by atoms with Crippen LogP contribution in [0.4, 0.5) is 25.1 Å². The van der Waals surface area contributed by atoms with Gasteiger partial charge in [0.1, 0.15) is 34.6 Å². The SMILES string of the molecule is CNC(=O)c1cc(Oc2ccc(NC(=O)Nc3cc(C(C)(C)C)nn3-c3cc(F)cc(F)c3)c(C)c2)ccn1. The molecular weight excluding hydrogens is 506 g/mol. The number of carbonyl (C=O) groups excluding carboxylic acids is 2. The average Bonchev–Trinajstić information content (AvgIpc) is 3.29. The van der Waals surface area contributed by atoms with Gasteiger partial charge in [0, 0.05) is 42.5 Å². The molecule has 4 aromatic rings. The second-order valence-electron chi connectivity index (χ2n) is 9.82. The van der Waals surface area contributed by atoms with Crippen LogP contribution < -0.4 is 20.7 Å². The Morgan fingerprint density at radius 2 is 1.62 bits per heavy atom. The molecule has 3 amide bonds. The lowest BCUT2D eigenvalue weighted by atomic mass is 9.92. The van der Waals surface area contributed by atoms with Gasteiger partial charge in [-0.3, -0.25) is 15.1 Å². The number of carbonyl (C=O) groups is 2. The number of ether oxygens (including phenoxy) is 1. The highest BCUT2D eigenvalue weighted by Crippen LogP contribution is 2.29. The number of aryl methyl sites for hydroxylation is 1. The fourth-order valence-corrected chi connectivity index (χ4v) is 3.67. The van der Waals surface area contributed by atoms with Gasteiger partial charge in [0.05, 0.1) is 11.4 Å². The summed E-state index contributed by atoms with van der Waals surface area (Å²) in [4.78, 5) is 28.8. The second-order valence-corrected chi connectivity index (χ2v) is 9.82. The summed E-state index contributed by atoms with van der Waals surface area (Å²) in [6, 6.07) is 12.3. The molecule has 0 saturated heterocycles. The fourth-order valence-electron chi connectivity index (χ4n) is 3.67. The number of aromatic nitrogens is 3. The summed E-state index contributed by atoms with van der Waals surface area (Å²) < 4.78 is 35.0. The molecule has 0 bridgehead atoms. The molecule has 2 aromatic heterocycles. The molecule has 0 spiro atoms. The Bertz CT molecular complexity index is 1520. The number of hydrogen-bond donors (Lipinski definition) is 3. The zero-order chi connectivity index (χ0) is 28.3. The van der Waals surface area contributed by atoms with E-state index in [1.807, 2.05) is 20.8 Å². The molecule has 0 radical (unpaired) electrons. The summed E-state index contributed by atoms with van der Waals surface area (Å²) in [5.41, 5.74) is 1.81. The van der Waals surface area contributed by atoms with E-state index >= 15 is 0 Å². The molecule has 0 atom stereocenters. The van der Waals surface area contributed by atoms with Gasteiger partial charge in [0.25, 0.3) is 5.91 Å². The maximum atomic E-state index is 13.9. The molecule has 202 valence electrons. The molecule has 0 unspecified atom stereocenters. The van der Waals surface area contributed by atoms with Crippen LogP contribution in [0, 0.1) is 18.6 Å². The van der Waals surface area contributed by atoms with E-state index in [1.165, 1.54) is 24.0 Å². The number of nitrogens with zero attached hydrogens (tertiary/aromatic N) is 3. The van der Waals surface area contributed by atoms with Crippen LogP contribution in [0.25, 0.3) is 5.69 Å². The van der Waals surface area contributed by atoms with Crippen molar-refractivity contribution in [1.82, 2.24) is 20.1 Å². The van der Waals surface area contributed by atoms with Crippen molar-refractivity contribution >= 4 is 23.4 Å². The second kappa shape index (κ2) is 10.9. The van der Waals surface area contributed by atoms with E-state index in [0.29, 0.717) is 28.4 Å². The Morgan fingerprint density at radius 1 is 0.923 bits per heavy atom. The van der Waals surface area contributed by atoms with Crippen molar-refractivity contribution in [3.05, 3.63) is 89.4 Å². The first-order chi connectivity index (χ1) is 18.4. The van der Waals surface area contributed by atoms with E-state index in [0.717, 1.165) is 18.2 Å². The van der Waals surface area contributed by atoms with E-state index in [4.69, 9.17) is 4.74 Å². The van der Waals surface area contributed by atoms with Gasteiger partial charge < -0.3 is 15.4 Å². The smallest absolute Gasteiger partial charge is 0.324 e. The number of halogens is 2. The molecule has 3 N–H and O–H groups in total. The van der Waals surface area contributed by atoms with Crippen LogP contribution in [-0.4, -0.2) is 33.8 Å². The van der Waals surface area contributed by atoms with Gasteiger partial charge in [-0.05, 0) is 48.9 Å². The third kappa shape index (κ3) is 6.56. The highest BCUT2D eigenvalue weighted by molar-refractivity contribution is 6.00. The summed E-state index contributed by atoms with van der Waals surface area (Å²) >= 11 is 0. The van der Waals surface area contributed by atoms with Crippen LogP contribution in [0.5, 0.6) is 11.5 Å². The van der Waals surface area contributed by atoms with E-state index < -0.39 is 17.7 Å². The number of hydrogen-bond acceptors (Lipinski definition) is 5. The normalized spacial score (nSPS) is 11.2. The Labute approximate surface area is 224 Å². The molecule has 2 heterocycles. The lowest BCUT2D eigenvalue weighted by Crippen LogP contribution is -2.21. The van der Waals surface area contributed by atoms with Crippen LogP contribution in [0.1, 0.15) is 42.5 Å². The molecule has 4 rings (SSSR count). The summed E-state index contributed by atoms with van der Waals surface area (Å²) in [5, 5.41) is 12.5. The van der Waals surface area contributed by atoms with E-state index in [1.54, 1.807) is 37.3 Å². The highest BCUT2D eigenvalue weighted by Gasteiger charge is 2.22. The number of amides is 3. The Balaban J connectivity index is 1.52. The van der Waals surface area contributed by atoms with Crippen molar-refractivity contribution in [1.29, 1.82) is 0 Å². The molecular formula is C28H28F2N6O3. The first-order valence-electron chi connectivity index (χ1n) is 12.0. The van der Waals surface area contributed by atoms with Crippen molar-refractivity contribution in [3.63, 3.8) is 0 Å². The lowest BCUT2D eigenvalue weighted by molar-refractivity contribution is 0.0957. The van der Waals surface area contributed by atoms with Crippen LogP contribution in [0.3, 0.4) is 0 Å². The van der Waals surface area contributed by atoms with E-state index in [9.17, 15) is 18.4 Å². The lowest BCUT2D eigenvalue weighted by Gasteiger charge is -2.14. The minimum atomic E-state index is -0.761. The molecule has 2 aromatic carbocycles. The quantitative estimate of drug-likeness (QED) is 0.283. The van der Waals surface area contributed by atoms with Crippen LogP contribution >= 0.6 is 0 Å². The van der Waals surface area contributed by atoms with Gasteiger partial charge in [0.15, 0.2) is 0 Å². The molecule has 39 heavy (non-hydrogen) atoms. The zero-order valence-corrected chi connectivity index (χ0v) is 22.1. The van der Waals surface area contributed by atoms with Crippen LogP contribution in [0.2, 0.25) is 0 Å². The third-order valence-electron chi connectivity index (χ3n) is 5.68. The average molecular weight is 535 g/mol. The van der Waals surface area contributed by atoms with Crippen molar-refractivity contribution in [3.8, 4) is 17.2 Å². The molecule has 0 aliphatic carbocycles. The van der Waals surface area contributed by atoms with E-state index in [-0.39, 0.29) is 28.5 Å². The predicted octanol–water partition coefficient (Wildman–Crippen LogP) is 5.95. The summed E-state index contributed by atoms with van der Waals surface area (Å²) in [6.07, 6.45) is 1.47. The largest absolute Gasteiger partial charge is 0.457 e. The number of benzene rings is 2. The maximum Gasteiger partial charge on any atom is 0.324 e. The molecule has 11 heteroatoms. The molecule has 9 nitrogen and oxygen atoms in total. The topological polar surface area (TPSA) is 110 Å².